The van der Waals surface area contributed by atoms with Crippen molar-refractivity contribution in [2.24, 2.45) is 0 Å². The van der Waals surface area contributed by atoms with E-state index in [1.165, 1.54) is 25.1 Å². The molecule has 0 saturated carbocycles. The van der Waals surface area contributed by atoms with Gasteiger partial charge in [0.1, 0.15) is 6.61 Å². The second kappa shape index (κ2) is 11.9. The van der Waals surface area contributed by atoms with Crippen LogP contribution in [0.4, 0.5) is 4.79 Å². The van der Waals surface area contributed by atoms with Crippen LogP contribution >= 0.6 is 0 Å². The Morgan fingerprint density at radius 1 is 1.12 bits per heavy atom. The van der Waals surface area contributed by atoms with E-state index in [4.69, 9.17) is 13.6 Å². The van der Waals surface area contributed by atoms with E-state index in [-0.39, 0.29) is 11.6 Å². The van der Waals surface area contributed by atoms with E-state index in [0.29, 0.717) is 13.2 Å². The summed E-state index contributed by atoms with van der Waals surface area (Å²) in [4.78, 5) is 11.1. The van der Waals surface area contributed by atoms with Crippen molar-refractivity contribution in [1.82, 2.24) is 5.32 Å². The minimum Gasteiger partial charge on any atom is -0.455 e. The number of unbranched alkanes of at least 4 members (excludes halogenated alkanes) is 1. The molecule has 0 bridgehead atoms. The maximum Gasteiger partial charge on any atom is 0.411 e. The number of carbonyl (C=O) groups is 1. The van der Waals surface area contributed by atoms with Crippen molar-refractivity contribution in [1.29, 1.82) is 0 Å². The van der Waals surface area contributed by atoms with Crippen LogP contribution in [0.15, 0.2) is 12.8 Å². The molecule has 0 rings (SSSR count). The first kappa shape index (κ1) is 25.4. The predicted octanol–water partition coefficient (Wildman–Crippen LogP) is 5.66. The lowest BCUT2D eigenvalue weighted by Crippen LogP contribution is -2.50. The highest BCUT2D eigenvalue weighted by Gasteiger charge is 2.44. The molecule has 1 N–H and O–H groups in total. The zero-order chi connectivity index (χ0) is 20.3. The molecule has 7 heteroatoms. The van der Waals surface area contributed by atoms with Crippen LogP contribution in [0.25, 0.3) is 0 Å². The number of alkyl carbamates (subject to hydrolysis) is 1. The topological polar surface area (TPSA) is 56.8 Å². The van der Waals surface area contributed by atoms with Crippen LogP contribution < -0.4 is 5.32 Å². The Morgan fingerprint density at radius 2 is 1.77 bits per heavy atom. The molecule has 0 aromatic rings. The average Bonchev–Trinajstić information content (AvgIpc) is 2.51. The van der Waals surface area contributed by atoms with Gasteiger partial charge in [0.25, 0.3) is 0 Å². The number of amides is 1. The SMILES string of the molecule is C=CNC(=O)OCCOCCCC(C)(C)[Si](C)(C)O[Si](C)(C)CCCC. The largest absolute Gasteiger partial charge is 0.455 e. The molecular weight excluding hydrogens is 362 g/mol. The maximum absolute atomic E-state index is 11.1. The average molecular weight is 404 g/mol. The van der Waals surface area contributed by atoms with Crippen molar-refractivity contribution in [2.45, 2.75) is 83.7 Å². The number of ether oxygens (including phenoxy) is 2. The van der Waals surface area contributed by atoms with Crippen LogP contribution in [-0.2, 0) is 13.6 Å². The highest BCUT2D eigenvalue weighted by Crippen LogP contribution is 2.43. The molecule has 0 aliphatic carbocycles. The monoisotopic (exact) mass is 403 g/mol. The summed E-state index contributed by atoms with van der Waals surface area (Å²) in [6, 6.07) is 1.25. The molecule has 0 aromatic heterocycles. The van der Waals surface area contributed by atoms with Gasteiger partial charge >= 0.3 is 6.09 Å². The lowest BCUT2D eigenvalue weighted by atomic mass is 10.1. The molecule has 1 amide bonds. The van der Waals surface area contributed by atoms with E-state index in [2.05, 4.69) is 58.9 Å². The molecule has 0 saturated heterocycles. The van der Waals surface area contributed by atoms with Crippen LogP contribution in [0.5, 0.6) is 0 Å². The summed E-state index contributed by atoms with van der Waals surface area (Å²) in [6.45, 7) is 21.1. The van der Waals surface area contributed by atoms with Gasteiger partial charge in [0.2, 0.25) is 0 Å². The second-order valence-corrected chi connectivity index (χ2v) is 17.8. The molecule has 26 heavy (non-hydrogen) atoms. The van der Waals surface area contributed by atoms with Gasteiger partial charge in [-0.05, 0) is 56.3 Å². The predicted molar refractivity (Wildman–Crippen MR) is 115 cm³/mol. The van der Waals surface area contributed by atoms with Gasteiger partial charge in [-0.1, -0.05) is 40.2 Å². The highest BCUT2D eigenvalue weighted by molar-refractivity contribution is 6.86. The molecule has 0 aromatic carbocycles. The number of hydrogen-bond acceptors (Lipinski definition) is 4. The van der Waals surface area contributed by atoms with E-state index in [1.807, 2.05) is 0 Å². The molecule has 0 heterocycles. The Morgan fingerprint density at radius 3 is 2.35 bits per heavy atom. The third-order valence-electron chi connectivity index (χ3n) is 5.06. The van der Waals surface area contributed by atoms with E-state index in [1.54, 1.807) is 0 Å². The third kappa shape index (κ3) is 10.5. The number of hydrogen-bond donors (Lipinski definition) is 1. The Kier molecular flexibility index (Phi) is 11.7. The summed E-state index contributed by atoms with van der Waals surface area (Å²) >= 11 is 0. The van der Waals surface area contributed by atoms with Crippen molar-refractivity contribution in [3.05, 3.63) is 12.8 Å². The summed E-state index contributed by atoms with van der Waals surface area (Å²) in [6.07, 6.45) is 5.38. The fourth-order valence-corrected chi connectivity index (χ4v) is 11.8. The molecule has 0 spiro atoms. The van der Waals surface area contributed by atoms with Gasteiger partial charge in [0, 0.05) is 6.61 Å². The van der Waals surface area contributed by atoms with Crippen LogP contribution in [0, 0.1) is 0 Å². The molecule has 0 radical (unpaired) electrons. The minimum absolute atomic E-state index is 0.202. The zero-order valence-corrected chi connectivity index (χ0v) is 20.1. The summed E-state index contributed by atoms with van der Waals surface area (Å²) in [5, 5.41) is 2.56. The Balaban J connectivity index is 4.18. The van der Waals surface area contributed by atoms with Gasteiger partial charge in [0.05, 0.1) is 6.61 Å². The number of nitrogens with one attached hydrogen (secondary N) is 1. The van der Waals surface area contributed by atoms with E-state index in [0.717, 1.165) is 12.8 Å². The van der Waals surface area contributed by atoms with Gasteiger partial charge in [-0.3, -0.25) is 5.32 Å². The van der Waals surface area contributed by atoms with Gasteiger partial charge in [0.15, 0.2) is 16.6 Å². The summed E-state index contributed by atoms with van der Waals surface area (Å²) in [5.41, 5.74) is 0. The van der Waals surface area contributed by atoms with Gasteiger partial charge in [-0.2, -0.15) is 0 Å². The fraction of sp³-hybridized carbons (Fsp3) is 0.842. The molecule has 0 aliphatic heterocycles. The molecule has 0 unspecified atom stereocenters. The van der Waals surface area contributed by atoms with Crippen molar-refractivity contribution >= 4 is 22.7 Å². The first-order valence-electron chi connectivity index (χ1n) is 9.79. The lowest BCUT2D eigenvalue weighted by molar-refractivity contribution is 0.0714. The smallest absolute Gasteiger partial charge is 0.411 e. The van der Waals surface area contributed by atoms with Crippen LogP contribution in [0.3, 0.4) is 0 Å². The summed E-state index contributed by atoms with van der Waals surface area (Å²) in [7, 11) is -3.38. The minimum atomic E-state index is -1.80. The molecular formula is C19H41NO4Si2. The molecule has 0 fully saturated rings. The van der Waals surface area contributed by atoms with Gasteiger partial charge < -0.3 is 13.6 Å². The summed E-state index contributed by atoms with van der Waals surface area (Å²) in [5.74, 6) is 0. The van der Waals surface area contributed by atoms with Crippen LogP contribution in [0.1, 0.15) is 46.5 Å². The second-order valence-electron chi connectivity index (χ2n) is 8.56. The van der Waals surface area contributed by atoms with Crippen molar-refractivity contribution < 1.29 is 18.4 Å². The Hall–Kier alpha value is -0.636. The van der Waals surface area contributed by atoms with E-state index < -0.39 is 22.7 Å². The van der Waals surface area contributed by atoms with Crippen LogP contribution in [-0.4, -0.2) is 42.5 Å². The van der Waals surface area contributed by atoms with Crippen LogP contribution in [0.2, 0.25) is 37.3 Å². The lowest BCUT2D eigenvalue weighted by Gasteiger charge is -2.44. The Bertz CT molecular complexity index is 426. The molecule has 0 aliphatic rings. The summed E-state index contributed by atoms with van der Waals surface area (Å²) < 4.78 is 17.3. The highest BCUT2D eigenvalue weighted by atomic mass is 28.4. The maximum atomic E-state index is 11.1. The quantitative estimate of drug-likeness (QED) is 0.300. The number of rotatable bonds is 14. The van der Waals surface area contributed by atoms with Crippen molar-refractivity contribution in [3.63, 3.8) is 0 Å². The molecule has 154 valence electrons. The van der Waals surface area contributed by atoms with Gasteiger partial charge in [-0.15, -0.1) is 0 Å². The number of carbonyl (C=O) groups excluding carboxylic acids is 1. The van der Waals surface area contributed by atoms with Crippen molar-refractivity contribution in [3.8, 4) is 0 Å². The zero-order valence-electron chi connectivity index (χ0n) is 18.1. The van der Waals surface area contributed by atoms with E-state index >= 15 is 0 Å². The third-order valence-corrected chi connectivity index (χ3v) is 14.4. The van der Waals surface area contributed by atoms with Crippen molar-refractivity contribution in [2.75, 3.05) is 19.8 Å². The van der Waals surface area contributed by atoms with E-state index in [9.17, 15) is 4.79 Å². The first-order chi connectivity index (χ1) is 12.0. The standard InChI is InChI=1S/C19H41NO4Si2/c1-9-11-17-25(5,6)24-26(7,8)19(3,4)13-12-14-22-15-16-23-18(21)20-10-2/h10H,2,9,11-17H2,1,3-8H3,(H,20,21). The first-order valence-corrected chi connectivity index (χ1v) is 15.8. The van der Waals surface area contributed by atoms with Gasteiger partial charge in [-0.25, -0.2) is 4.79 Å². The molecule has 5 nitrogen and oxygen atoms in total. The Labute approximate surface area is 163 Å². The normalized spacial score (nSPS) is 12.7. The molecule has 0 atom stereocenters. The fourth-order valence-electron chi connectivity index (χ4n) is 2.82.